The first kappa shape index (κ1) is 16.8. The normalized spacial score (nSPS) is 16.4. The predicted octanol–water partition coefficient (Wildman–Crippen LogP) is 1.24. The van der Waals surface area contributed by atoms with Crippen molar-refractivity contribution in [3.8, 4) is 5.75 Å². The Morgan fingerprint density at radius 3 is 2.48 bits per heavy atom. The standard InChI is InChI=1S/C16H21N3O4/c1-3-8-18-9-10-19(15(22)14(18)21)16(23)17-11(2)12-4-6-13(20)7-5-12/h4-7,11,20H,3,8-10H2,1-2H3,(H,17,23)/t11-/m1/s1. The van der Waals surface area contributed by atoms with Crippen LogP contribution in [0.15, 0.2) is 24.3 Å². The van der Waals surface area contributed by atoms with E-state index in [1.807, 2.05) is 6.92 Å². The molecular weight excluding hydrogens is 298 g/mol. The summed E-state index contributed by atoms with van der Waals surface area (Å²) in [6.45, 7) is 4.77. The van der Waals surface area contributed by atoms with E-state index in [4.69, 9.17) is 0 Å². The summed E-state index contributed by atoms with van der Waals surface area (Å²) < 4.78 is 0. The molecule has 1 saturated heterocycles. The Hall–Kier alpha value is -2.57. The molecule has 2 N–H and O–H groups in total. The Bertz CT molecular complexity index is 600. The smallest absolute Gasteiger partial charge is 0.325 e. The number of aromatic hydroxyl groups is 1. The number of piperazine rings is 1. The molecule has 0 unspecified atom stereocenters. The third-order valence-electron chi connectivity index (χ3n) is 3.78. The van der Waals surface area contributed by atoms with Gasteiger partial charge in [-0.25, -0.2) is 4.79 Å². The molecule has 7 heteroatoms. The number of amides is 4. The fraction of sp³-hybridized carbons (Fsp3) is 0.438. The van der Waals surface area contributed by atoms with Gasteiger partial charge < -0.3 is 15.3 Å². The van der Waals surface area contributed by atoms with Crippen molar-refractivity contribution in [3.05, 3.63) is 29.8 Å². The Morgan fingerprint density at radius 1 is 1.22 bits per heavy atom. The van der Waals surface area contributed by atoms with Gasteiger partial charge in [0.1, 0.15) is 5.75 Å². The first-order chi connectivity index (χ1) is 10.9. The van der Waals surface area contributed by atoms with Gasteiger partial charge in [-0.3, -0.25) is 14.5 Å². The highest BCUT2D eigenvalue weighted by Gasteiger charge is 2.35. The SMILES string of the molecule is CCCN1CCN(C(=O)N[C@H](C)c2ccc(O)cc2)C(=O)C1=O. The van der Waals surface area contributed by atoms with Gasteiger partial charge in [0.15, 0.2) is 0 Å². The maximum atomic E-state index is 12.2. The minimum Gasteiger partial charge on any atom is -0.508 e. The quantitative estimate of drug-likeness (QED) is 0.817. The molecule has 0 radical (unpaired) electrons. The van der Waals surface area contributed by atoms with Gasteiger partial charge in [0, 0.05) is 19.6 Å². The Morgan fingerprint density at radius 2 is 1.87 bits per heavy atom. The van der Waals surface area contributed by atoms with Crippen molar-refractivity contribution >= 4 is 17.8 Å². The number of urea groups is 1. The minimum atomic E-state index is -0.792. The van der Waals surface area contributed by atoms with Gasteiger partial charge in [-0.05, 0) is 31.0 Å². The van der Waals surface area contributed by atoms with E-state index in [1.54, 1.807) is 19.1 Å². The highest BCUT2D eigenvalue weighted by atomic mass is 16.3. The number of phenols is 1. The summed E-state index contributed by atoms with van der Waals surface area (Å²) in [5, 5.41) is 12.0. The molecule has 7 nitrogen and oxygen atoms in total. The van der Waals surface area contributed by atoms with Crippen LogP contribution in [0.25, 0.3) is 0 Å². The maximum Gasteiger partial charge on any atom is 0.325 e. The molecule has 2 rings (SSSR count). The Labute approximate surface area is 134 Å². The average molecular weight is 319 g/mol. The van der Waals surface area contributed by atoms with Crippen molar-refractivity contribution in [2.75, 3.05) is 19.6 Å². The minimum absolute atomic E-state index is 0.139. The summed E-state index contributed by atoms with van der Waals surface area (Å²) in [6, 6.07) is 5.49. The van der Waals surface area contributed by atoms with Crippen LogP contribution in [0.5, 0.6) is 5.75 Å². The number of carbonyl (C=O) groups excluding carboxylic acids is 3. The highest BCUT2D eigenvalue weighted by molar-refractivity contribution is 6.38. The van der Waals surface area contributed by atoms with Crippen LogP contribution in [0.4, 0.5) is 4.79 Å². The van der Waals surface area contributed by atoms with Crippen molar-refractivity contribution in [3.63, 3.8) is 0 Å². The van der Waals surface area contributed by atoms with Gasteiger partial charge in [0.2, 0.25) is 0 Å². The highest BCUT2D eigenvalue weighted by Crippen LogP contribution is 2.17. The number of benzene rings is 1. The number of imide groups is 1. The van der Waals surface area contributed by atoms with E-state index in [-0.39, 0.29) is 18.3 Å². The monoisotopic (exact) mass is 319 g/mol. The third-order valence-corrected chi connectivity index (χ3v) is 3.78. The van der Waals surface area contributed by atoms with Gasteiger partial charge in [0.25, 0.3) is 0 Å². The molecule has 0 saturated carbocycles. The number of nitrogens with zero attached hydrogens (tertiary/aromatic N) is 2. The molecule has 4 amide bonds. The van der Waals surface area contributed by atoms with E-state index < -0.39 is 17.8 Å². The number of hydrogen-bond donors (Lipinski definition) is 2. The molecular formula is C16H21N3O4. The number of carbonyl (C=O) groups is 3. The summed E-state index contributed by atoms with van der Waals surface area (Å²) in [6.07, 6.45) is 0.767. The van der Waals surface area contributed by atoms with Gasteiger partial charge in [-0.1, -0.05) is 19.1 Å². The van der Waals surface area contributed by atoms with Crippen LogP contribution >= 0.6 is 0 Å². The van der Waals surface area contributed by atoms with E-state index in [9.17, 15) is 19.5 Å². The molecule has 23 heavy (non-hydrogen) atoms. The summed E-state index contributed by atoms with van der Waals surface area (Å²) in [4.78, 5) is 38.7. The lowest BCUT2D eigenvalue weighted by molar-refractivity contribution is -0.153. The molecule has 1 aliphatic rings. The second kappa shape index (κ2) is 7.13. The van der Waals surface area contributed by atoms with Gasteiger partial charge >= 0.3 is 17.8 Å². The van der Waals surface area contributed by atoms with Crippen LogP contribution in [0.3, 0.4) is 0 Å². The summed E-state index contributed by atoms with van der Waals surface area (Å²) in [5.74, 6) is -1.29. The number of phenolic OH excluding ortho intramolecular Hbond substituents is 1. The molecule has 1 fully saturated rings. The zero-order valence-corrected chi connectivity index (χ0v) is 13.3. The van der Waals surface area contributed by atoms with E-state index in [0.717, 1.165) is 16.9 Å². The van der Waals surface area contributed by atoms with Crippen LogP contribution < -0.4 is 5.32 Å². The Kier molecular flexibility index (Phi) is 5.20. The van der Waals surface area contributed by atoms with E-state index in [0.29, 0.717) is 13.1 Å². The predicted molar refractivity (Wildman–Crippen MR) is 83.6 cm³/mol. The average Bonchev–Trinajstić information content (AvgIpc) is 2.52. The molecule has 124 valence electrons. The van der Waals surface area contributed by atoms with Crippen molar-refractivity contribution in [1.82, 2.24) is 15.1 Å². The third kappa shape index (κ3) is 3.80. The Balaban J connectivity index is 1.99. The second-order valence-corrected chi connectivity index (χ2v) is 5.51. The summed E-state index contributed by atoms with van der Waals surface area (Å²) >= 11 is 0. The van der Waals surface area contributed by atoms with Crippen LogP contribution in [0.1, 0.15) is 31.9 Å². The van der Waals surface area contributed by atoms with Crippen molar-refractivity contribution < 1.29 is 19.5 Å². The molecule has 1 aromatic carbocycles. The van der Waals surface area contributed by atoms with Crippen LogP contribution in [-0.2, 0) is 9.59 Å². The molecule has 0 aromatic heterocycles. The van der Waals surface area contributed by atoms with Crippen LogP contribution in [0.2, 0.25) is 0 Å². The summed E-state index contributed by atoms with van der Waals surface area (Å²) in [5.41, 5.74) is 0.791. The van der Waals surface area contributed by atoms with Gasteiger partial charge in [0.05, 0.1) is 6.04 Å². The largest absolute Gasteiger partial charge is 0.508 e. The van der Waals surface area contributed by atoms with E-state index >= 15 is 0 Å². The molecule has 1 aromatic rings. The zero-order chi connectivity index (χ0) is 17.0. The molecule has 0 aliphatic carbocycles. The molecule has 0 bridgehead atoms. The molecule has 1 aliphatic heterocycles. The summed E-state index contributed by atoms with van der Waals surface area (Å²) in [7, 11) is 0. The number of nitrogens with one attached hydrogen (secondary N) is 1. The lowest BCUT2D eigenvalue weighted by Gasteiger charge is -2.33. The van der Waals surface area contributed by atoms with E-state index in [2.05, 4.69) is 5.32 Å². The van der Waals surface area contributed by atoms with Gasteiger partial charge in [-0.2, -0.15) is 0 Å². The molecule has 0 spiro atoms. The number of hydrogen-bond acceptors (Lipinski definition) is 4. The van der Waals surface area contributed by atoms with Crippen molar-refractivity contribution in [1.29, 1.82) is 0 Å². The topological polar surface area (TPSA) is 89.9 Å². The molecule has 1 heterocycles. The fourth-order valence-electron chi connectivity index (χ4n) is 2.46. The first-order valence-electron chi connectivity index (χ1n) is 7.64. The van der Waals surface area contributed by atoms with E-state index in [1.165, 1.54) is 17.0 Å². The van der Waals surface area contributed by atoms with Crippen LogP contribution in [-0.4, -0.2) is 52.4 Å². The maximum absolute atomic E-state index is 12.2. The lowest BCUT2D eigenvalue weighted by atomic mass is 10.1. The lowest BCUT2D eigenvalue weighted by Crippen LogP contribution is -2.58. The molecule has 1 atom stereocenters. The first-order valence-corrected chi connectivity index (χ1v) is 7.64. The number of rotatable bonds is 4. The zero-order valence-electron chi connectivity index (χ0n) is 13.3. The van der Waals surface area contributed by atoms with Crippen molar-refractivity contribution in [2.24, 2.45) is 0 Å². The van der Waals surface area contributed by atoms with Crippen LogP contribution in [0, 0.1) is 0 Å². The van der Waals surface area contributed by atoms with Gasteiger partial charge in [-0.15, -0.1) is 0 Å². The van der Waals surface area contributed by atoms with Crippen molar-refractivity contribution in [2.45, 2.75) is 26.3 Å². The fourth-order valence-corrected chi connectivity index (χ4v) is 2.46. The second-order valence-electron chi connectivity index (χ2n) is 5.51.